The Morgan fingerprint density at radius 2 is 1.88 bits per heavy atom. The van der Waals surface area contributed by atoms with Crippen LogP contribution in [0.5, 0.6) is 5.75 Å². The Kier molecular flexibility index (Phi) is 4.97. The van der Waals surface area contributed by atoms with Crippen LogP contribution in [0.15, 0.2) is 36.4 Å². The third-order valence-corrected chi connectivity index (χ3v) is 4.16. The molecular formula is C19H22N4O2. The van der Waals surface area contributed by atoms with E-state index in [2.05, 4.69) is 14.9 Å². The van der Waals surface area contributed by atoms with E-state index in [1.807, 2.05) is 30.9 Å². The second kappa shape index (κ2) is 7.34. The van der Waals surface area contributed by atoms with Gasteiger partial charge < -0.3 is 14.9 Å². The normalized spacial score (nSPS) is 15.0. The highest BCUT2D eigenvalue weighted by Crippen LogP contribution is 2.16. The third-order valence-electron chi connectivity index (χ3n) is 4.16. The minimum Gasteiger partial charge on any atom is -0.508 e. The molecule has 0 bridgehead atoms. The van der Waals surface area contributed by atoms with Gasteiger partial charge in [0.2, 0.25) is 5.91 Å². The molecule has 0 radical (unpaired) electrons. The fourth-order valence-electron chi connectivity index (χ4n) is 2.92. The van der Waals surface area contributed by atoms with E-state index in [-0.39, 0.29) is 11.7 Å². The van der Waals surface area contributed by atoms with Gasteiger partial charge in [0.15, 0.2) is 0 Å². The summed E-state index contributed by atoms with van der Waals surface area (Å²) >= 11 is 0. The largest absolute Gasteiger partial charge is 0.508 e. The molecule has 25 heavy (non-hydrogen) atoms. The summed E-state index contributed by atoms with van der Waals surface area (Å²) in [6, 6.07) is 8.81. The topological polar surface area (TPSA) is 69.6 Å². The molecule has 6 nitrogen and oxygen atoms in total. The van der Waals surface area contributed by atoms with E-state index < -0.39 is 0 Å². The summed E-state index contributed by atoms with van der Waals surface area (Å²) in [5.74, 6) is 1.87. The third kappa shape index (κ3) is 4.35. The number of aryl methyl sites for hydroxylation is 2. The monoisotopic (exact) mass is 338 g/mol. The quantitative estimate of drug-likeness (QED) is 0.869. The van der Waals surface area contributed by atoms with Crippen molar-refractivity contribution in [1.82, 2.24) is 14.9 Å². The fraction of sp³-hybridized carbons (Fsp3) is 0.316. The predicted molar refractivity (Wildman–Crippen MR) is 97.4 cm³/mol. The number of nitrogens with zero attached hydrogens (tertiary/aromatic N) is 4. The molecule has 0 saturated carbocycles. The standard InChI is InChI=1S/C19H22N4O2/c1-14-12-18(21-15(2)20-14)22-8-10-23(11-9-22)19(25)7-6-16-4-3-5-17(24)13-16/h3-7,12-13,24H,8-11H2,1-2H3/b7-6+. The highest BCUT2D eigenvalue weighted by Gasteiger charge is 2.20. The lowest BCUT2D eigenvalue weighted by Crippen LogP contribution is -2.48. The van der Waals surface area contributed by atoms with Gasteiger partial charge in [-0.1, -0.05) is 12.1 Å². The number of hydrogen-bond acceptors (Lipinski definition) is 5. The van der Waals surface area contributed by atoms with Gasteiger partial charge in [-0.3, -0.25) is 4.79 Å². The number of carbonyl (C=O) groups excluding carboxylic acids is 1. The van der Waals surface area contributed by atoms with E-state index in [1.165, 1.54) is 0 Å². The van der Waals surface area contributed by atoms with E-state index in [0.29, 0.717) is 13.1 Å². The molecule has 6 heteroatoms. The Hall–Kier alpha value is -2.89. The molecule has 0 spiro atoms. The van der Waals surface area contributed by atoms with Crippen molar-refractivity contribution < 1.29 is 9.90 Å². The average molecular weight is 338 g/mol. The Labute approximate surface area is 147 Å². The Balaban J connectivity index is 1.59. The van der Waals surface area contributed by atoms with Crippen LogP contribution in [0.25, 0.3) is 6.08 Å². The zero-order chi connectivity index (χ0) is 17.8. The number of rotatable bonds is 3. The van der Waals surface area contributed by atoms with Crippen LogP contribution in [-0.2, 0) is 4.79 Å². The first-order valence-corrected chi connectivity index (χ1v) is 8.34. The maximum atomic E-state index is 12.3. The first-order chi connectivity index (χ1) is 12.0. The number of aromatic hydroxyl groups is 1. The van der Waals surface area contributed by atoms with Gasteiger partial charge in [-0.05, 0) is 37.6 Å². The summed E-state index contributed by atoms with van der Waals surface area (Å²) in [5, 5.41) is 9.46. The summed E-state index contributed by atoms with van der Waals surface area (Å²) in [5.41, 5.74) is 1.76. The van der Waals surface area contributed by atoms with Crippen LogP contribution < -0.4 is 4.90 Å². The molecule has 3 rings (SSSR count). The van der Waals surface area contributed by atoms with Crippen molar-refractivity contribution in [1.29, 1.82) is 0 Å². The summed E-state index contributed by atoms with van der Waals surface area (Å²) < 4.78 is 0. The van der Waals surface area contributed by atoms with Gasteiger partial charge in [-0.2, -0.15) is 0 Å². The number of phenolic OH excluding ortho intramolecular Hbond substituents is 1. The molecule has 1 N–H and O–H groups in total. The van der Waals surface area contributed by atoms with Crippen LogP contribution in [0.3, 0.4) is 0 Å². The Morgan fingerprint density at radius 3 is 2.56 bits per heavy atom. The van der Waals surface area contributed by atoms with Gasteiger partial charge >= 0.3 is 0 Å². The van der Waals surface area contributed by atoms with E-state index in [9.17, 15) is 9.90 Å². The van der Waals surface area contributed by atoms with E-state index in [4.69, 9.17) is 0 Å². The highest BCUT2D eigenvalue weighted by molar-refractivity contribution is 5.92. The molecule has 1 saturated heterocycles. The van der Waals surface area contributed by atoms with E-state index >= 15 is 0 Å². The van der Waals surface area contributed by atoms with Crippen molar-refractivity contribution in [3.63, 3.8) is 0 Å². The molecule has 1 aromatic carbocycles. The summed E-state index contributed by atoms with van der Waals surface area (Å²) in [4.78, 5) is 25.1. The Bertz CT molecular complexity index is 776. The van der Waals surface area contributed by atoms with E-state index in [0.717, 1.165) is 36.0 Å². The van der Waals surface area contributed by atoms with Crippen molar-refractivity contribution in [2.24, 2.45) is 0 Å². The second-order valence-electron chi connectivity index (χ2n) is 6.16. The molecule has 1 aromatic heterocycles. The van der Waals surface area contributed by atoms with Crippen LogP contribution in [-0.4, -0.2) is 52.1 Å². The molecule has 2 aromatic rings. The first-order valence-electron chi connectivity index (χ1n) is 8.34. The van der Waals surface area contributed by atoms with Crippen LogP contribution in [0.2, 0.25) is 0 Å². The number of amides is 1. The van der Waals surface area contributed by atoms with E-state index in [1.54, 1.807) is 30.4 Å². The average Bonchev–Trinajstić information content (AvgIpc) is 2.59. The summed E-state index contributed by atoms with van der Waals surface area (Å²) in [7, 11) is 0. The fourth-order valence-corrected chi connectivity index (χ4v) is 2.92. The molecule has 130 valence electrons. The van der Waals surface area contributed by atoms with Gasteiger partial charge in [-0.25, -0.2) is 9.97 Å². The van der Waals surface area contributed by atoms with Crippen molar-refractivity contribution in [2.45, 2.75) is 13.8 Å². The summed E-state index contributed by atoms with van der Waals surface area (Å²) in [6.45, 7) is 6.67. The highest BCUT2D eigenvalue weighted by atomic mass is 16.3. The van der Waals surface area contributed by atoms with Crippen LogP contribution >= 0.6 is 0 Å². The van der Waals surface area contributed by atoms with Gasteiger partial charge in [-0.15, -0.1) is 0 Å². The SMILES string of the molecule is Cc1cc(N2CCN(C(=O)/C=C/c3cccc(O)c3)CC2)nc(C)n1. The minimum atomic E-state index is -0.0157. The van der Waals surface area contributed by atoms with Crippen molar-refractivity contribution in [3.8, 4) is 5.75 Å². The van der Waals surface area contributed by atoms with Crippen LogP contribution in [0, 0.1) is 13.8 Å². The number of benzene rings is 1. The zero-order valence-corrected chi connectivity index (χ0v) is 14.5. The number of carbonyl (C=O) groups is 1. The smallest absolute Gasteiger partial charge is 0.246 e. The van der Waals surface area contributed by atoms with Crippen LogP contribution in [0.4, 0.5) is 5.82 Å². The van der Waals surface area contributed by atoms with Crippen LogP contribution in [0.1, 0.15) is 17.1 Å². The Morgan fingerprint density at radius 1 is 1.12 bits per heavy atom. The number of piperazine rings is 1. The van der Waals surface area contributed by atoms with Crippen molar-refractivity contribution in [2.75, 3.05) is 31.1 Å². The maximum Gasteiger partial charge on any atom is 0.246 e. The molecule has 0 atom stereocenters. The lowest BCUT2D eigenvalue weighted by molar-refractivity contribution is -0.126. The first kappa shape index (κ1) is 17.0. The van der Waals surface area contributed by atoms with Gasteiger partial charge in [0, 0.05) is 44.0 Å². The van der Waals surface area contributed by atoms with Crippen molar-refractivity contribution >= 4 is 17.8 Å². The number of hydrogen-bond donors (Lipinski definition) is 1. The molecule has 2 heterocycles. The van der Waals surface area contributed by atoms with Gasteiger partial charge in [0.1, 0.15) is 17.4 Å². The summed E-state index contributed by atoms with van der Waals surface area (Å²) in [6.07, 6.45) is 3.29. The molecule has 1 amide bonds. The van der Waals surface area contributed by atoms with Crippen molar-refractivity contribution in [3.05, 3.63) is 53.5 Å². The van der Waals surface area contributed by atoms with Gasteiger partial charge in [0.05, 0.1) is 0 Å². The molecule has 0 aliphatic carbocycles. The molecule has 1 aliphatic heterocycles. The molecule has 1 aliphatic rings. The molecular weight excluding hydrogens is 316 g/mol. The lowest BCUT2D eigenvalue weighted by Gasteiger charge is -2.35. The van der Waals surface area contributed by atoms with Gasteiger partial charge in [0.25, 0.3) is 0 Å². The molecule has 1 fully saturated rings. The minimum absolute atomic E-state index is 0.0157. The molecule has 0 unspecified atom stereocenters. The number of phenols is 1. The second-order valence-corrected chi connectivity index (χ2v) is 6.16. The number of aromatic nitrogens is 2. The predicted octanol–water partition coefficient (Wildman–Crippen LogP) is 2.16. The lowest BCUT2D eigenvalue weighted by atomic mass is 10.2. The zero-order valence-electron chi connectivity index (χ0n) is 14.5. The number of anilines is 1. The maximum absolute atomic E-state index is 12.3.